The second-order valence-electron chi connectivity index (χ2n) is 6.01. The van der Waals surface area contributed by atoms with Crippen molar-refractivity contribution < 1.29 is 22.7 Å². The molecule has 1 aromatic heterocycles. The van der Waals surface area contributed by atoms with Crippen LogP contribution in [0, 0.1) is 3.57 Å². The number of halogens is 4. The molecule has 0 fully saturated rings. The predicted octanol–water partition coefficient (Wildman–Crippen LogP) is 5.96. The van der Waals surface area contributed by atoms with E-state index in [2.05, 4.69) is 5.32 Å². The van der Waals surface area contributed by atoms with Gasteiger partial charge in [-0.1, -0.05) is 0 Å². The number of benzene rings is 1. The Labute approximate surface area is 149 Å². The molecule has 0 bridgehead atoms. The molecular formula is C15H15F3INO2S. The molecular weight excluding hydrogens is 442 g/mol. The highest BCUT2D eigenvalue weighted by molar-refractivity contribution is 14.1. The smallest absolute Gasteiger partial charge is 0.412 e. The number of anilines is 1. The fourth-order valence-corrected chi connectivity index (χ4v) is 3.66. The van der Waals surface area contributed by atoms with Crippen LogP contribution in [-0.2, 0) is 11.2 Å². The summed E-state index contributed by atoms with van der Waals surface area (Å²) >= 11 is 3.19. The van der Waals surface area contributed by atoms with E-state index in [0.717, 1.165) is 3.57 Å². The van der Waals surface area contributed by atoms with E-state index < -0.39 is 24.3 Å². The zero-order chi connectivity index (χ0) is 17.4. The van der Waals surface area contributed by atoms with Crippen molar-refractivity contribution in [2.75, 3.05) is 5.32 Å². The van der Waals surface area contributed by atoms with Crippen LogP contribution in [-0.4, -0.2) is 17.9 Å². The van der Waals surface area contributed by atoms with Gasteiger partial charge in [-0.2, -0.15) is 13.2 Å². The molecule has 0 spiro atoms. The first-order valence-electron chi connectivity index (χ1n) is 6.71. The molecule has 1 amide bonds. The lowest BCUT2D eigenvalue weighted by Crippen LogP contribution is -2.27. The number of thiophene rings is 1. The summed E-state index contributed by atoms with van der Waals surface area (Å²) < 4.78 is 44.5. The Balaban J connectivity index is 2.36. The second kappa shape index (κ2) is 6.46. The lowest BCUT2D eigenvalue weighted by atomic mass is 10.1. The van der Waals surface area contributed by atoms with Crippen LogP contribution in [0.15, 0.2) is 17.5 Å². The molecule has 8 heteroatoms. The summed E-state index contributed by atoms with van der Waals surface area (Å²) in [5.74, 6) is 0. The molecule has 1 heterocycles. The van der Waals surface area contributed by atoms with Gasteiger partial charge < -0.3 is 4.74 Å². The number of carbonyl (C=O) groups is 1. The molecule has 0 unspecified atom stereocenters. The van der Waals surface area contributed by atoms with E-state index in [9.17, 15) is 18.0 Å². The molecule has 0 aliphatic heterocycles. The maximum absolute atomic E-state index is 12.7. The van der Waals surface area contributed by atoms with E-state index in [1.54, 1.807) is 32.9 Å². The van der Waals surface area contributed by atoms with Gasteiger partial charge in [-0.3, -0.25) is 5.32 Å². The summed E-state index contributed by atoms with van der Waals surface area (Å²) in [4.78, 5) is 11.9. The second-order valence-corrected chi connectivity index (χ2v) is 8.14. The van der Waals surface area contributed by atoms with Crippen LogP contribution in [0.5, 0.6) is 0 Å². The molecule has 1 aromatic carbocycles. The maximum atomic E-state index is 12.7. The minimum atomic E-state index is -4.27. The van der Waals surface area contributed by atoms with Crippen LogP contribution in [0.4, 0.5) is 23.7 Å². The molecule has 126 valence electrons. The monoisotopic (exact) mass is 457 g/mol. The SMILES string of the molecule is CC(C)(C)OC(=O)Nc1cc(I)cc2c(CC(F)(F)F)csc12. The Bertz CT molecular complexity index is 735. The molecule has 0 saturated carbocycles. The largest absolute Gasteiger partial charge is 0.444 e. The van der Waals surface area contributed by atoms with Gasteiger partial charge in [0.1, 0.15) is 5.60 Å². The van der Waals surface area contributed by atoms with Crippen LogP contribution in [0.3, 0.4) is 0 Å². The zero-order valence-corrected chi connectivity index (χ0v) is 15.6. The highest BCUT2D eigenvalue weighted by Gasteiger charge is 2.29. The van der Waals surface area contributed by atoms with Gasteiger partial charge >= 0.3 is 12.3 Å². The van der Waals surface area contributed by atoms with Gasteiger partial charge in [-0.15, -0.1) is 11.3 Å². The maximum Gasteiger partial charge on any atom is 0.412 e. The van der Waals surface area contributed by atoms with Crippen LogP contribution in [0.2, 0.25) is 0 Å². The van der Waals surface area contributed by atoms with Crippen molar-refractivity contribution in [1.29, 1.82) is 0 Å². The minimum absolute atomic E-state index is 0.211. The minimum Gasteiger partial charge on any atom is -0.444 e. The topological polar surface area (TPSA) is 38.3 Å². The molecule has 1 N–H and O–H groups in total. The van der Waals surface area contributed by atoms with Crippen molar-refractivity contribution >= 4 is 55.8 Å². The van der Waals surface area contributed by atoms with E-state index in [0.29, 0.717) is 15.8 Å². The zero-order valence-electron chi connectivity index (χ0n) is 12.7. The van der Waals surface area contributed by atoms with Crippen molar-refractivity contribution in [2.24, 2.45) is 0 Å². The number of amides is 1. The number of rotatable bonds is 2. The first-order chi connectivity index (χ1) is 10.4. The Kier molecular flexibility index (Phi) is 5.15. The first kappa shape index (κ1) is 18.3. The lowest BCUT2D eigenvalue weighted by molar-refractivity contribution is -0.126. The number of hydrogen-bond donors (Lipinski definition) is 1. The number of nitrogens with one attached hydrogen (secondary N) is 1. The average molecular weight is 457 g/mol. The molecule has 2 aromatic rings. The van der Waals surface area contributed by atoms with Gasteiger partial charge in [0.15, 0.2) is 0 Å². The van der Waals surface area contributed by atoms with Gasteiger partial charge in [-0.05, 0) is 71.8 Å². The molecule has 3 nitrogen and oxygen atoms in total. The highest BCUT2D eigenvalue weighted by Crippen LogP contribution is 2.37. The van der Waals surface area contributed by atoms with Gasteiger partial charge in [0.05, 0.1) is 16.8 Å². The Morgan fingerprint density at radius 2 is 1.96 bits per heavy atom. The van der Waals surface area contributed by atoms with Crippen LogP contribution >= 0.6 is 33.9 Å². The van der Waals surface area contributed by atoms with Crippen molar-refractivity contribution in [3.05, 3.63) is 26.6 Å². The number of alkyl halides is 3. The molecule has 0 aliphatic carbocycles. The molecule has 2 rings (SSSR count). The summed E-state index contributed by atoms with van der Waals surface area (Å²) in [5.41, 5.74) is 0.0185. The standard InChI is InChI=1S/C15H15F3INO2S/c1-14(2,3)22-13(21)20-11-5-9(19)4-10-8(6-15(16,17)18)7-23-12(10)11/h4-5,7H,6H2,1-3H3,(H,20,21). The van der Waals surface area contributed by atoms with E-state index in [1.807, 2.05) is 22.6 Å². The van der Waals surface area contributed by atoms with Crippen molar-refractivity contribution in [1.82, 2.24) is 0 Å². The molecule has 0 saturated heterocycles. The number of carbonyl (C=O) groups excluding carboxylic acids is 1. The van der Waals surface area contributed by atoms with E-state index >= 15 is 0 Å². The molecule has 0 atom stereocenters. The summed E-state index contributed by atoms with van der Waals surface area (Å²) in [6, 6.07) is 3.40. The van der Waals surface area contributed by atoms with Gasteiger partial charge in [0.2, 0.25) is 0 Å². The third kappa shape index (κ3) is 5.23. The average Bonchev–Trinajstić information content (AvgIpc) is 2.67. The third-order valence-electron chi connectivity index (χ3n) is 2.75. The van der Waals surface area contributed by atoms with Gasteiger partial charge in [-0.25, -0.2) is 4.79 Å². The number of hydrogen-bond acceptors (Lipinski definition) is 3. The van der Waals surface area contributed by atoms with E-state index in [1.165, 1.54) is 16.7 Å². The van der Waals surface area contributed by atoms with E-state index in [-0.39, 0.29) is 5.56 Å². The molecule has 0 radical (unpaired) electrons. The molecule has 0 aliphatic rings. The summed E-state index contributed by atoms with van der Waals surface area (Å²) in [5, 5.41) is 4.61. The first-order valence-corrected chi connectivity index (χ1v) is 8.67. The number of fused-ring (bicyclic) bond motifs is 1. The summed E-state index contributed by atoms with van der Waals surface area (Å²) in [7, 11) is 0. The fraction of sp³-hybridized carbons (Fsp3) is 0.400. The third-order valence-corrected chi connectivity index (χ3v) is 4.45. The van der Waals surface area contributed by atoms with Gasteiger partial charge in [0.25, 0.3) is 0 Å². The Morgan fingerprint density at radius 3 is 2.52 bits per heavy atom. The normalized spacial score (nSPS) is 12.5. The van der Waals surface area contributed by atoms with Crippen molar-refractivity contribution in [3.8, 4) is 0 Å². The van der Waals surface area contributed by atoms with Crippen LogP contribution in [0.25, 0.3) is 10.1 Å². The van der Waals surface area contributed by atoms with E-state index in [4.69, 9.17) is 4.74 Å². The van der Waals surface area contributed by atoms with Gasteiger partial charge in [0, 0.05) is 3.57 Å². The quantitative estimate of drug-likeness (QED) is 0.566. The summed E-state index contributed by atoms with van der Waals surface area (Å²) in [6.45, 7) is 5.22. The Morgan fingerprint density at radius 1 is 1.30 bits per heavy atom. The lowest BCUT2D eigenvalue weighted by Gasteiger charge is -2.20. The van der Waals surface area contributed by atoms with Crippen LogP contribution < -0.4 is 5.32 Å². The van der Waals surface area contributed by atoms with Crippen molar-refractivity contribution in [2.45, 2.75) is 39.0 Å². The summed E-state index contributed by atoms with van der Waals surface area (Å²) in [6.07, 6.45) is -5.89. The van der Waals surface area contributed by atoms with Crippen LogP contribution in [0.1, 0.15) is 26.3 Å². The Hall–Kier alpha value is -1.03. The molecule has 23 heavy (non-hydrogen) atoms. The number of ether oxygens (including phenoxy) is 1. The fourth-order valence-electron chi connectivity index (χ4n) is 2.01. The highest BCUT2D eigenvalue weighted by atomic mass is 127. The predicted molar refractivity (Wildman–Crippen MR) is 94.2 cm³/mol. The van der Waals surface area contributed by atoms with Crippen molar-refractivity contribution in [3.63, 3.8) is 0 Å².